The van der Waals surface area contributed by atoms with Crippen molar-refractivity contribution in [3.63, 3.8) is 0 Å². The first-order chi connectivity index (χ1) is 12.0. The lowest BCUT2D eigenvalue weighted by atomic mass is 10.2. The maximum absolute atomic E-state index is 11.8. The molecule has 3 heterocycles. The van der Waals surface area contributed by atoms with Gasteiger partial charge in [-0.1, -0.05) is 0 Å². The molecule has 0 aliphatic carbocycles. The smallest absolute Gasteiger partial charge is 0.238 e. The number of unbranched alkanes of at least 4 members (excludes halogenated alkanes) is 1. The van der Waals surface area contributed by atoms with Gasteiger partial charge in [-0.25, -0.2) is 18.4 Å². The quantitative estimate of drug-likeness (QED) is 0.653. The van der Waals surface area contributed by atoms with Crippen molar-refractivity contribution in [3.8, 4) is 0 Å². The Kier molecular flexibility index (Phi) is 5.53. The molecule has 1 atom stereocenters. The van der Waals surface area contributed by atoms with E-state index >= 15 is 0 Å². The van der Waals surface area contributed by atoms with E-state index < -0.39 is 15.2 Å². The third-order valence-electron chi connectivity index (χ3n) is 4.93. The zero-order valence-corrected chi connectivity index (χ0v) is 15.4. The van der Waals surface area contributed by atoms with Gasteiger partial charge in [-0.3, -0.25) is 9.69 Å². The Labute approximate surface area is 148 Å². The van der Waals surface area contributed by atoms with Gasteiger partial charge in [0.25, 0.3) is 0 Å². The summed E-state index contributed by atoms with van der Waals surface area (Å²) in [5.41, 5.74) is 0. The molecule has 138 valence electrons. The van der Waals surface area contributed by atoms with Gasteiger partial charge in [0.1, 0.15) is 11.1 Å². The van der Waals surface area contributed by atoms with Crippen molar-refractivity contribution in [2.75, 3.05) is 49.9 Å². The number of rotatable bonds is 6. The van der Waals surface area contributed by atoms with E-state index in [9.17, 15) is 13.2 Å². The van der Waals surface area contributed by atoms with Crippen molar-refractivity contribution in [1.82, 2.24) is 19.8 Å². The third kappa shape index (κ3) is 4.27. The molecule has 1 aromatic rings. The van der Waals surface area contributed by atoms with E-state index in [2.05, 4.69) is 19.8 Å². The number of aromatic nitrogens is 2. The number of amides is 1. The lowest BCUT2D eigenvalue weighted by Crippen LogP contribution is -2.47. The molecule has 2 aliphatic rings. The van der Waals surface area contributed by atoms with Gasteiger partial charge >= 0.3 is 0 Å². The Morgan fingerprint density at radius 2 is 1.72 bits per heavy atom. The summed E-state index contributed by atoms with van der Waals surface area (Å²) in [5, 5.41) is -0.672. The van der Waals surface area contributed by atoms with Crippen molar-refractivity contribution in [2.24, 2.45) is 0 Å². The van der Waals surface area contributed by atoms with Crippen LogP contribution in [0.3, 0.4) is 0 Å². The molecule has 1 aromatic heterocycles. The van der Waals surface area contributed by atoms with Crippen LogP contribution in [0.15, 0.2) is 18.5 Å². The fraction of sp³-hybridized carbons (Fsp3) is 0.688. The summed E-state index contributed by atoms with van der Waals surface area (Å²) in [5.74, 6) is 0.186. The summed E-state index contributed by atoms with van der Waals surface area (Å²) >= 11 is 0. The van der Waals surface area contributed by atoms with Crippen LogP contribution in [0.4, 0.5) is 5.95 Å². The van der Waals surface area contributed by atoms with Crippen LogP contribution >= 0.6 is 0 Å². The van der Waals surface area contributed by atoms with Gasteiger partial charge in [0.2, 0.25) is 11.9 Å². The zero-order valence-electron chi connectivity index (χ0n) is 14.5. The Balaban J connectivity index is 1.36. The molecule has 1 amide bonds. The first-order valence-corrected chi connectivity index (χ1v) is 10.4. The van der Waals surface area contributed by atoms with E-state index in [1.165, 1.54) is 4.90 Å². The molecule has 2 aliphatic heterocycles. The standard InChI is InChI=1S/C16H25N5O3S/c1-14-21(15(22)13-25(14,23)24)8-3-2-7-19-9-11-20(12-10-19)16-17-5-4-6-18-16/h4-6,14H,2-3,7-13H2,1H3. The predicted octanol–water partition coefficient (Wildman–Crippen LogP) is -0.0182. The number of anilines is 1. The molecule has 0 aromatic carbocycles. The Bertz CT molecular complexity index is 689. The monoisotopic (exact) mass is 367 g/mol. The molecule has 25 heavy (non-hydrogen) atoms. The largest absolute Gasteiger partial charge is 0.338 e. The first-order valence-electron chi connectivity index (χ1n) is 8.73. The number of hydrogen-bond acceptors (Lipinski definition) is 7. The molecule has 0 bridgehead atoms. The van der Waals surface area contributed by atoms with Gasteiger partial charge in [0, 0.05) is 45.1 Å². The van der Waals surface area contributed by atoms with E-state index in [0.717, 1.165) is 51.5 Å². The van der Waals surface area contributed by atoms with Crippen LogP contribution in [-0.4, -0.2) is 84.5 Å². The van der Waals surface area contributed by atoms with Crippen LogP contribution in [0.25, 0.3) is 0 Å². The maximum atomic E-state index is 11.8. The second-order valence-corrected chi connectivity index (χ2v) is 8.87. The molecule has 3 rings (SSSR count). The molecule has 8 nitrogen and oxygen atoms in total. The van der Waals surface area contributed by atoms with Crippen LogP contribution in [0.5, 0.6) is 0 Å². The van der Waals surface area contributed by atoms with Crippen molar-refractivity contribution in [1.29, 1.82) is 0 Å². The minimum atomic E-state index is -3.26. The minimum absolute atomic E-state index is 0.260. The second kappa shape index (κ2) is 7.65. The van der Waals surface area contributed by atoms with Crippen LogP contribution in [-0.2, 0) is 14.6 Å². The molecular formula is C16H25N5O3S. The molecule has 0 radical (unpaired) electrons. The van der Waals surface area contributed by atoms with E-state index in [0.29, 0.717) is 6.54 Å². The number of sulfone groups is 1. The normalized spacial score (nSPS) is 24.0. The van der Waals surface area contributed by atoms with Crippen LogP contribution in [0.1, 0.15) is 19.8 Å². The molecular weight excluding hydrogens is 342 g/mol. The van der Waals surface area contributed by atoms with Crippen LogP contribution in [0, 0.1) is 0 Å². The molecule has 0 saturated carbocycles. The molecule has 2 fully saturated rings. The fourth-order valence-corrected chi connectivity index (χ4v) is 4.68. The number of piperazine rings is 1. The lowest BCUT2D eigenvalue weighted by Gasteiger charge is -2.34. The van der Waals surface area contributed by atoms with Gasteiger partial charge in [0.15, 0.2) is 9.84 Å². The van der Waals surface area contributed by atoms with Crippen molar-refractivity contribution >= 4 is 21.7 Å². The number of hydrogen-bond donors (Lipinski definition) is 0. The molecule has 2 saturated heterocycles. The lowest BCUT2D eigenvalue weighted by molar-refractivity contribution is -0.127. The number of nitrogens with zero attached hydrogens (tertiary/aromatic N) is 5. The SMILES string of the molecule is CC1N(CCCCN2CCN(c3ncccn3)CC2)C(=O)CS1(=O)=O. The Morgan fingerprint density at radius 1 is 1.08 bits per heavy atom. The number of carbonyl (C=O) groups excluding carboxylic acids is 1. The van der Waals surface area contributed by atoms with Gasteiger partial charge in [0.05, 0.1) is 0 Å². The maximum Gasteiger partial charge on any atom is 0.238 e. The fourth-order valence-electron chi connectivity index (χ4n) is 3.32. The molecule has 9 heteroatoms. The van der Waals surface area contributed by atoms with Gasteiger partial charge in [-0.05, 0) is 32.4 Å². The highest BCUT2D eigenvalue weighted by molar-refractivity contribution is 7.93. The summed E-state index contributed by atoms with van der Waals surface area (Å²) in [6.45, 7) is 6.83. The van der Waals surface area contributed by atoms with E-state index in [1.807, 2.05) is 6.07 Å². The van der Waals surface area contributed by atoms with Gasteiger partial charge in [-0.2, -0.15) is 0 Å². The number of carbonyl (C=O) groups is 1. The highest BCUT2D eigenvalue weighted by atomic mass is 32.2. The Hall–Kier alpha value is -1.74. The van der Waals surface area contributed by atoms with E-state index in [4.69, 9.17) is 0 Å². The second-order valence-electron chi connectivity index (χ2n) is 6.58. The highest BCUT2D eigenvalue weighted by Gasteiger charge is 2.40. The predicted molar refractivity (Wildman–Crippen MR) is 94.9 cm³/mol. The van der Waals surface area contributed by atoms with E-state index in [1.54, 1.807) is 19.3 Å². The topological polar surface area (TPSA) is 86.7 Å². The molecule has 0 spiro atoms. The third-order valence-corrected chi connectivity index (χ3v) is 6.88. The molecule has 1 unspecified atom stereocenters. The summed E-state index contributed by atoms with van der Waals surface area (Å²) in [6.07, 6.45) is 5.30. The summed E-state index contributed by atoms with van der Waals surface area (Å²) < 4.78 is 23.4. The van der Waals surface area contributed by atoms with Crippen LogP contribution in [0.2, 0.25) is 0 Å². The van der Waals surface area contributed by atoms with Crippen molar-refractivity contribution in [3.05, 3.63) is 18.5 Å². The van der Waals surface area contributed by atoms with Crippen molar-refractivity contribution in [2.45, 2.75) is 25.1 Å². The minimum Gasteiger partial charge on any atom is -0.338 e. The van der Waals surface area contributed by atoms with Gasteiger partial charge in [-0.15, -0.1) is 0 Å². The van der Waals surface area contributed by atoms with Crippen molar-refractivity contribution < 1.29 is 13.2 Å². The average Bonchev–Trinajstić information content (AvgIpc) is 2.81. The first kappa shape index (κ1) is 18.1. The molecule has 0 N–H and O–H groups in total. The summed E-state index contributed by atoms with van der Waals surface area (Å²) in [4.78, 5) is 26.4. The zero-order chi connectivity index (χ0) is 17.9. The van der Waals surface area contributed by atoms with Crippen LogP contribution < -0.4 is 4.90 Å². The van der Waals surface area contributed by atoms with Gasteiger partial charge < -0.3 is 9.80 Å². The Morgan fingerprint density at radius 3 is 2.32 bits per heavy atom. The summed E-state index contributed by atoms with van der Waals surface area (Å²) in [6, 6.07) is 1.82. The highest BCUT2D eigenvalue weighted by Crippen LogP contribution is 2.19. The van der Waals surface area contributed by atoms with E-state index in [-0.39, 0.29) is 11.7 Å². The average molecular weight is 367 g/mol. The summed E-state index contributed by atoms with van der Waals surface area (Å²) in [7, 11) is -3.26.